The van der Waals surface area contributed by atoms with Crippen molar-refractivity contribution >= 4 is 34.5 Å². The van der Waals surface area contributed by atoms with Crippen molar-refractivity contribution in [1.29, 1.82) is 0 Å². The fourth-order valence-corrected chi connectivity index (χ4v) is 4.47. The van der Waals surface area contributed by atoms with Crippen LogP contribution in [0.15, 0.2) is 60.0 Å². The molecule has 0 bridgehead atoms. The molecule has 1 aromatic heterocycles. The topological polar surface area (TPSA) is 61.9 Å². The number of anilines is 2. The number of amides is 2. The average molecular weight is 436 g/mol. The van der Waals surface area contributed by atoms with Gasteiger partial charge in [0.2, 0.25) is 0 Å². The number of hydrogen-bond acceptors (Lipinski definition) is 5. The molecule has 4 rings (SSSR count). The van der Waals surface area contributed by atoms with E-state index in [0.717, 1.165) is 34.9 Å². The zero-order valence-corrected chi connectivity index (χ0v) is 18.4. The van der Waals surface area contributed by atoms with Gasteiger partial charge in [0.05, 0.1) is 17.6 Å². The molecule has 160 valence electrons. The third-order valence-electron chi connectivity index (χ3n) is 5.45. The van der Waals surface area contributed by atoms with Crippen molar-refractivity contribution in [2.45, 2.75) is 6.92 Å². The van der Waals surface area contributed by atoms with Crippen LogP contribution in [0.25, 0.3) is 0 Å². The number of thiophene rings is 1. The average Bonchev–Trinajstić information content (AvgIpc) is 3.34. The van der Waals surface area contributed by atoms with Gasteiger partial charge in [0.1, 0.15) is 5.75 Å². The quantitative estimate of drug-likeness (QED) is 0.650. The van der Waals surface area contributed by atoms with E-state index in [-0.39, 0.29) is 11.8 Å². The number of methoxy groups -OCH3 is 1. The molecule has 0 spiro atoms. The Morgan fingerprint density at radius 2 is 1.71 bits per heavy atom. The molecule has 0 aliphatic carbocycles. The first-order valence-electron chi connectivity index (χ1n) is 10.2. The van der Waals surface area contributed by atoms with Gasteiger partial charge in [-0.1, -0.05) is 18.2 Å². The molecule has 1 N–H and O–H groups in total. The molecule has 0 atom stereocenters. The van der Waals surface area contributed by atoms with E-state index in [1.54, 1.807) is 13.2 Å². The van der Waals surface area contributed by atoms with Crippen LogP contribution in [0.3, 0.4) is 0 Å². The number of carbonyl (C=O) groups is 2. The van der Waals surface area contributed by atoms with Gasteiger partial charge in [-0.25, -0.2) is 0 Å². The van der Waals surface area contributed by atoms with Crippen molar-refractivity contribution in [2.75, 3.05) is 43.5 Å². The van der Waals surface area contributed by atoms with E-state index in [4.69, 9.17) is 4.74 Å². The molecule has 1 aliphatic heterocycles. The lowest BCUT2D eigenvalue weighted by Crippen LogP contribution is -2.48. The van der Waals surface area contributed by atoms with E-state index in [9.17, 15) is 9.59 Å². The maximum absolute atomic E-state index is 12.7. The van der Waals surface area contributed by atoms with Crippen LogP contribution in [0.5, 0.6) is 5.75 Å². The second-order valence-corrected chi connectivity index (χ2v) is 8.36. The lowest BCUT2D eigenvalue weighted by atomic mass is 10.1. The van der Waals surface area contributed by atoms with Gasteiger partial charge >= 0.3 is 0 Å². The highest BCUT2D eigenvalue weighted by atomic mass is 32.1. The van der Waals surface area contributed by atoms with Crippen molar-refractivity contribution < 1.29 is 14.3 Å². The molecule has 6 nitrogen and oxygen atoms in total. The van der Waals surface area contributed by atoms with E-state index in [1.165, 1.54) is 11.3 Å². The normalized spacial score (nSPS) is 13.7. The number of benzene rings is 2. The molecule has 1 fully saturated rings. The number of ether oxygens (including phenoxy) is 1. The zero-order chi connectivity index (χ0) is 21.8. The first-order valence-corrected chi connectivity index (χ1v) is 11.1. The van der Waals surface area contributed by atoms with Gasteiger partial charge in [-0.05, 0) is 54.3 Å². The minimum Gasteiger partial charge on any atom is -0.496 e. The molecule has 3 aromatic rings. The maximum atomic E-state index is 12.7. The summed E-state index contributed by atoms with van der Waals surface area (Å²) < 4.78 is 5.39. The van der Waals surface area contributed by atoms with E-state index < -0.39 is 0 Å². The van der Waals surface area contributed by atoms with Crippen LogP contribution in [-0.4, -0.2) is 50.0 Å². The van der Waals surface area contributed by atoms with E-state index >= 15 is 0 Å². The van der Waals surface area contributed by atoms with Crippen molar-refractivity contribution in [1.82, 2.24) is 4.90 Å². The Balaban J connectivity index is 1.36. The number of piperazine rings is 1. The van der Waals surface area contributed by atoms with Gasteiger partial charge in [0.25, 0.3) is 11.8 Å². The summed E-state index contributed by atoms with van der Waals surface area (Å²) in [6.45, 7) is 4.87. The van der Waals surface area contributed by atoms with Gasteiger partial charge < -0.3 is 19.9 Å². The van der Waals surface area contributed by atoms with E-state index in [2.05, 4.69) is 10.2 Å². The molecule has 2 amide bonds. The number of para-hydroxylation sites is 1. The highest BCUT2D eigenvalue weighted by Gasteiger charge is 2.23. The van der Waals surface area contributed by atoms with Crippen molar-refractivity contribution in [3.63, 3.8) is 0 Å². The van der Waals surface area contributed by atoms with Crippen LogP contribution in [0.1, 0.15) is 25.6 Å². The SMILES string of the molecule is COc1c(C)cccc1C(=O)Nc1ccc(N2CCN(C(=O)c3cccs3)CC2)cc1. The lowest BCUT2D eigenvalue weighted by molar-refractivity contribution is 0.0751. The molecule has 0 radical (unpaired) electrons. The van der Waals surface area contributed by atoms with Crippen molar-refractivity contribution in [2.24, 2.45) is 0 Å². The summed E-state index contributed by atoms with van der Waals surface area (Å²) in [6, 6.07) is 17.1. The number of hydrogen-bond donors (Lipinski definition) is 1. The molecule has 7 heteroatoms. The second kappa shape index (κ2) is 9.22. The molecule has 0 saturated carbocycles. The number of rotatable bonds is 5. The fourth-order valence-electron chi connectivity index (χ4n) is 3.78. The summed E-state index contributed by atoms with van der Waals surface area (Å²) in [4.78, 5) is 30.2. The molecular formula is C24H25N3O3S. The van der Waals surface area contributed by atoms with Crippen LogP contribution in [-0.2, 0) is 0 Å². The largest absolute Gasteiger partial charge is 0.496 e. The molecular weight excluding hydrogens is 410 g/mol. The summed E-state index contributed by atoms with van der Waals surface area (Å²) in [5, 5.41) is 4.87. The summed E-state index contributed by atoms with van der Waals surface area (Å²) in [7, 11) is 1.57. The number of nitrogens with zero attached hydrogens (tertiary/aromatic N) is 2. The van der Waals surface area contributed by atoms with Crippen LogP contribution in [0.2, 0.25) is 0 Å². The van der Waals surface area contributed by atoms with Gasteiger partial charge in [-0.15, -0.1) is 11.3 Å². The minimum absolute atomic E-state index is 0.110. The summed E-state index contributed by atoms with van der Waals surface area (Å²) >= 11 is 1.48. The van der Waals surface area contributed by atoms with E-state index in [0.29, 0.717) is 24.4 Å². The highest BCUT2D eigenvalue weighted by Crippen LogP contribution is 2.25. The minimum atomic E-state index is -0.200. The Kier molecular flexibility index (Phi) is 6.23. The number of nitrogens with one attached hydrogen (secondary N) is 1. The van der Waals surface area contributed by atoms with Crippen LogP contribution < -0.4 is 15.0 Å². The third-order valence-corrected chi connectivity index (χ3v) is 6.31. The second-order valence-electron chi connectivity index (χ2n) is 7.41. The van der Waals surface area contributed by atoms with Crippen molar-refractivity contribution in [3.05, 3.63) is 76.0 Å². The molecule has 1 saturated heterocycles. The molecule has 2 aromatic carbocycles. The Morgan fingerprint density at radius 3 is 2.35 bits per heavy atom. The molecule has 1 aliphatic rings. The first-order chi connectivity index (χ1) is 15.1. The Labute approximate surface area is 186 Å². The standard InChI is InChI=1S/C24H25N3O3S/c1-17-5-3-6-20(22(17)30-2)23(28)25-18-8-10-19(11-9-18)26-12-14-27(15-13-26)24(29)21-7-4-16-31-21/h3-11,16H,12-15H2,1-2H3,(H,25,28). The fraction of sp³-hybridized carbons (Fsp3) is 0.250. The van der Waals surface area contributed by atoms with Crippen molar-refractivity contribution in [3.8, 4) is 5.75 Å². The molecule has 31 heavy (non-hydrogen) atoms. The predicted molar refractivity (Wildman–Crippen MR) is 125 cm³/mol. The van der Waals surface area contributed by atoms with Gasteiger partial charge in [0.15, 0.2) is 0 Å². The lowest BCUT2D eigenvalue weighted by Gasteiger charge is -2.36. The molecule has 2 heterocycles. The highest BCUT2D eigenvalue weighted by molar-refractivity contribution is 7.12. The van der Waals surface area contributed by atoms with Crippen LogP contribution >= 0.6 is 11.3 Å². The van der Waals surface area contributed by atoms with Gasteiger partial charge in [-0.3, -0.25) is 9.59 Å². The smallest absolute Gasteiger partial charge is 0.264 e. The maximum Gasteiger partial charge on any atom is 0.264 e. The Morgan fingerprint density at radius 1 is 0.968 bits per heavy atom. The third kappa shape index (κ3) is 4.56. The Bertz CT molecular complexity index is 1060. The van der Waals surface area contributed by atoms with Crippen LogP contribution in [0.4, 0.5) is 11.4 Å². The summed E-state index contributed by atoms with van der Waals surface area (Å²) in [5.74, 6) is 0.500. The monoisotopic (exact) mass is 435 g/mol. The first kappa shape index (κ1) is 20.9. The van der Waals surface area contributed by atoms with Crippen LogP contribution in [0, 0.1) is 6.92 Å². The van der Waals surface area contributed by atoms with Gasteiger partial charge in [0, 0.05) is 37.6 Å². The van der Waals surface area contributed by atoms with Gasteiger partial charge in [-0.2, -0.15) is 0 Å². The Hall–Kier alpha value is -3.32. The number of aryl methyl sites for hydroxylation is 1. The summed E-state index contributed by atoms with van der Waals surface area (Å²) in [5.41, 5.74) is 3.23. The zero-order valence-electron chi connectivity index (χ0n) is 17.6. The molecule has 0 unspecified atom stereocenters. The van der Waals surface area contributed by atoms with E-state index in [1.807, 2.05) is 65.7 Å². The summed E-state index contributed by atoms with van der Waals surface area (Å²) in [6.07, 6.45) is 0. The predicted octanol–water partition coefficient (Wildman–Crippen LogP) is 4.28. The number of carbonyl (C=O) groups excluding carboxylic acids is 2.